The molecule has 2 rings (SSSR count). The van der Waals surface area contributed by atoms with Gasteiger partial charge in [0.25, 0.3) is 0 Å². The third-order valence-electron chi connectivity index (χ3n) is 3.71. The summed E-state index contributed by atoms with van der Waals surface area (Å²) < 4.78 is 10.2. The Morgan fingerprint density at radius 3 is 2.56 bits per heavy atom. The minimum atomic E-state index is -1.01. The van der Waals surface area contributed by atoms with E-state index in [4.69, 9.17) is 9.47 Å². The molecule has 0 amide bonds. The normalized spacial score (nSPS) is 11.7. The molecule has 7 nitrogen and oxygen atoms in total. The largest absolute Gasteiger partial charge is 0.462 e. The number of nitrogens with zero attached hydrogens (tertiary/aromatic N) is 1. The van der Waals surface area contributed by atoms with Crippen molar-refractivity contribution in [1.29, 1.82) is 0 Å². The highest BCUT2D eigenvalue weighted by molar-refractivity contribution is 6.04. The topological polar surface area (TPSA) is 98.4 Å². The highest BCUT2D eigenvalue weighted by Gasteiger charge is 2.27. The van der Waals surface area contributed by atoms with Gasteiger partial charge in [-0.25, -0.2) is 9.59 Å². The first-order valence-electron chi connectivity index (χ1n) is 7.88. The van der Waals surface area contributed by atoms with Gasteiger partial charge in [-0.2, -0.15) is 0 Å². The molecule has 7 heteroatoms. The summed E-state index contributed by atoms with van der Waals surface area (Å²) in [5.41, 5.74) is 1.83. The monoisotopic (exact) mass is 344 g/mol. The van der Waals surface area contributed by atoms with E-state index in [9.17, 15) is 14.4 Å². The predicted octanol–water partition coefficient (Wildman–Crippen LogP) is 2.63. The van der Waals surface area contributed by atoms with E-state index < -0.39 is 23.8 Å². The maximum Gasteiger partial charge on any atom is 0.340 e. The van der Waals surface area contributed by atoms with Gasteiger partial charge in [-0.05, 0) is 45.4 Å². The van der Waals surface area contributed by atoms with E-state index in [2.05, 4.69) is 9.97 Å². The van der Waals surface area contributed by atoms with Gasteiger partial charge in [0, 0.05) is 18.1 Å². The molecule has 0 aromatic carbocycles. The van der Waals surface area contributed by atoms with E-state index in [0.717, 1.165) is 0 Å². The van der Waals surface area contributed by atoms with Crippen molar-refractivity contribution >= 4 is 17.7 Å². The Hall–Kier alpha value is -2.96. The van der Waals surface area contributed by atoms with E-state index >= 15 is 0 Å². The van der Waals surface area contributed by atoms with Gasteiger partial charge in [0.05, 0.1) is 23.4 Å². The van der Waals surface area contributed by atoms with Crippen molar-refractivity contribution < 1.29 is 23.9 Å². The van der Waals surface area contributed by atoms with Gasteiger partial charge in [0.2, 0.25) is 5.78 Å². The van der Waals surface area contributed by atoms with Crippen molar-refractivity contribution in [2.24, 2.45) is 0 Å². The van der Waals surface area contributed by atoms with Crippen LogP contribution in [0.1, 0.15) is 56.3 Å². The molecule has 2 aromatic heterocycles. The first-order chi connectivity index (χ1) is 11.9. The molecule has 1 atom stereocenters. The number of ketones is 1. The molecule has 0 unspecified atom stereocenters. The number of esters is 2. The zero-order valence-electron chi connectivity index (χ0n) is 14.6. The zero-order valence-corrected chi connectivity index (χ0v) is 14.6. The van der Waals surface area contributed by atoms with E-state index in [1.165, 1.54) is 19.3 Å². The van der Waals surface area contributed by atoms with Crippen LogP contribution < -0.4 is 0 Å². The van der Waals surface area contributed by atoms with Crippen molar-refractivity contribution in [3.63, 3.8) is 0 Å². The van der Waals surface area contributed by atoms with Crippen LogP contribution in [0.2, 0.25) is 0 Å². The first kappa shape index (κ1) is 18.4. The fraction of sp³-hybridized carbons (Fsp3) is 0.333. The number of hydrogen-bond donors (Lipinski definition) is 1. The second kappa shape index (κ2) is 7.74. The molecule has 2 heterocycles. The Morgan fingerprint density at radius 2 is 1.96 bits per heavy atom. The lowest BCUT2D eigenvalue weighted by molar-refractivity contribution is 0.0316. The molecular weight excluding hydrogens is 324 g/mol. The van der Waals surface area contributed by atoms with Gasteiger partial charge in [-0.3, -0.25) is 9.78 Å². The molecular formula is C18H20N2O5. The van der Waals surface area contributed by atoms with Crippen LogP contribution in [0.15, 0.2) is 24.5 Å². The van der Waals surface area contributed by atoms with Crippen LogP contribution in [-0.2, 0) is 9.47 Å². The lowest BCUT2D eigenvalue weighted by Gasteiger charge is -2.12. The first-order valence-corrected chi connectivity index (χ1v) is 7.88. The smallest absolute Gasteiger partial charge is 0.340 e. The average Bonchev–Trinajstić information content (AvgIpc) is 2.89. The van der Waals surface area contributed by atoms with Crippen LogP contribution in [0.25, 0.3) is 0 Å². The minimum Gasteiger partial charge on any atom is -0.462 e. The van der Waals surface area contributed by atoms with Crippen LogP contribution in [-0.4, -0.2) is 40.4 Å². The van der Waals surface area contributed by atoms with Gasteiger partial charge in [0.15, 0.2) is 6.10 Å². The molecule has 0 spiro atoms. The fourth-order valence-electron chi connectivity index (χ4n) is 2.47. The number of ether oxygens (including phenoxy) is 2. The highest BCUT2D eigenvalue weighted by atomic mass is 16.5. The number of hydrogen-bond acceptors (Lipinski definition) is 6. The average molecular weight is 344 g/mol. The Kier molecular flexibility index (Phi) is 5.69. The van der Waals surface area contributed by atoms with Crippen LogP contribution in [0.3, 0.4) is 0 Å². The molecule has 25 heavy (non-hydrogen) atoms. The van der Waals surface area contributed by atoms with E-state index in [0.29, 0.717) is 16.8 Å². The summed E-state index contributed by atoms with van der Waals surface area (Å²) in [6.07, 6.45) is 1.88. The molecule has 0 saturated heterocycles. The molecule has 0 aliphatic rings. The summed E-state index contributed by atoms with van der Waals surface area (Å²) >= 11 is 0. The number of carbonyl (C=O) groups excluding carboxylic acids is 3. The minimum absolute atomic E-state index is 0.229. The lowest BCUT2D eigenvalue weighted by Crippen LogP contribution is -2.25. The number of nitrogens with one attached hydrogen (secondary N) is 1. The molecule has 0 aliphatic carbocycles. The number of carbonyl (C=O) groups is 3. The predicted molar refractivity (Wildman–Crippen MR) is 89.7 cm³/mol. The second-order valence-electron chi connectivity index (χ2n) is 5.50. The van der Waals surface area contributed by atoms with E-state index in [-0.39, 0.29) is 17.9 Å². The second-order valence-corrected chi connectivity index (χ2v) is 5.50. The van der Waals surface area contributed by atoms with Crippen molar-refractivity contribution in [2.45, 2.75) is 33.8 Å². The highest BCUT2D eigenvalue weighted by Crippen LogP contribution is 2.21. The third-order valence-corrected chi connectivity index (χ3v) is 3.71. The maximum absolute atomic E-state index is 12.6. The number of aromatic amines is 1. The Labute approximate surface area is 145 Å². The third kappa shape index (κ3) is 3.93. The molecule has 0 fully saturated rings. The molecule has 0 bridgehead atoms. The molecule has 0 radical (unpaired) electrons. The fourth-order valence-corrected chi connectivity index (χ4v) is 2.47. The quantitative estimate of drug-likeness (QED) is 0.639. The zero-order chi connectivity index (χ0) is 18.6. The number of Topliss-reactive ketones (excluding diaryl/α,β-unsaturated/α-hetero) is 1. The van der Waals surface area contributed by atoms with Gasteiger partial charge in [-0.15, -0.1) is 0 Å². The summed E-state index contributed by atoms with van der Waals surface area (Å²) in [6, 6.07) is 3.16. The molecule has 132 valence electrons. The Bertz CT molecular complexity index is 795. The molecule has 0 aliphatic heterocycles. The number of aromatic nitrogens is 2. The summed E-state index contributed by atoms with van der Waals surface area (Å²) in [7, 11) is 0. The van der Waals surface area contributed by atoms with Crippen molar-refractivity contribution in [2.75, 3.05) is 6.61 Å². The van der Waals surface area contributed by atoms with E-state index in [1.54, 1.807) is 32.9 Å². The molecule has 0 saturated carbocycles. The number of H-pyrrole nitrogens is 1. The van der Waals surface area contributed by atoms with Gasteiger partial charge in [0.1, 0.15) is 0 Å². The van der Waals surface area contributed by atoms with Crippen LogP contribution in [0.5, 0.6) is 0 Å². The van der Waals surface area contributed by atoms with Crippen molar-refractivity contribution in [1.82, 2.24) is 9.97 Å². The number of pyridine rings is 1. The Morgan fingerprint density at radius 1 is 1.24 bits per heavy atom. The van der Waals surface area contributed by atoms with Crippen molar-refractivity contribution in [3.05, 3.63) is 52.6 Å². The van der Waals surface area contributed by atoms with Crippen molar-refractivity contribution in [3.8, 4) is 0 Å². The van der Waals surface area contributed by atoms with Crippen LogP contribution >= 0.6 is 0 Å². The van der Waals surface area contributed by atoms with Gasteiger partial charge in [-0.1, -0.05) is 0 Å². The van der Waals surface area contributed by atoms with Gasteiger partial charge < -0.3 is 14.5 Å². The van der Waals surface area contributed by atoms with Crippen LogP contribution in [0.4, 0.5) is 0 Å². The maximum atomic E-state index is 12.6. The van der Waals surface area contributed by atoms with E-state index in [1.807, 2.05) is 0 Å². The molecule has 1 N–H and O–H groups in total. The summed E-state index contributed by atoms with van der Waals surface area (Å²) in [5.74, 6) is -1.55. The standard InChI is InChI=1S/C18H20N2O5/c1-5-24-18(23)14-10(2)15(20-11(14)3)16(21)12(4)25-17(22)13-7-6-8-19-9-13/h6-9,12,20H,5H2,1-4H3/t12-/m0/s1. The summed E-state index contributed by atoms with van der Waals surface area (Å²) in [5, 5.41) is 0. The SMILES string of the molecule is CCOC(=O)c1c(C)[nH]c(C(=O)[C@H](C)OC(=O)c2cccnc2)c1C. The summed E-state index contributed by atoms with van der Waals surface area (Å²) in [6.45, 7) is 6.77. The van der Waals surface area contributed by atoms with Crippen LogP contribution in [0, 0.1) is 13.8 Å². The number of rotatable bonds is 6. The number of aryl methyl sites for hydroxylation is 1. The lowest BCUT2D eigenvalue weighted by atomic mass is 10.1. The Balaban J connectivity index is 2.19. The summed E-state index contributed by atoms with van der Waals surface area (Å²) in [4.78, 5) is 43.4. The molecule has 2 aromatic rings. The van der Waals surface area contributed by atoms with Gasteiger partial charge >= 0.3 is 11.9 Å².